The van der Waals surface area contributed by atoms with Crippen molar-refractivity contribution in [3.8, 4) is 5.75 Å². The number of benzene rings is 2. The highest BCUT2D eigenvalue weighted by molar-refractivity contribution is 6.34. The van der Waals surface area contributed by atoms with Gasteiger partial charge >= 0.3 is 0 Å². The molecule has 0 bridgehead atoms. The normalized spacial score (nSPS) is 16.0. The second kappa shape index (κ2) is 9.32. The highest BCUT2D eigenvalue weighted by Gasteiger charge is 2.28. The number of amides is 1. The van der Waals surface area contributed by atoms with Crippen LogP contribution >= 0.6 is 11.6 Å². The lowest BCUT2D eigenvalue weighted by Crippen LogP contribution is -2.34. The van der Waals surface area contributed by atoms with E-state index in [2.05, 4.69) is 5.10 Å². The molecule has 0 saturated carbocycles. The first kappa shape index (κ1) is 21.1. The minimum absolute atomic E-state index is 0.101. The lowest BCUT2D eigenvalue weighted by atomic mass is 10.1. The molecule has 1 fully saturated rings. The number of rotatable bonds is 5. The number of carbonyl (C=O) groups excluding carboxylic acids is 1. The maximum atomic E-state index is 13.6. The van der Waals surface area contributed by atoms with Gasteiger partial charge in [0, 0.05) is 12.3 Å². The number of carbonyl (C=O) groups is 1. The van der Waals surface area contributed by atoms with Crippen LogP contribution in [0.2, 0.25) is 5.02 Å². The van der Waals surface area contributed by atoms with Crippen molar-refractivity contribution in [2.75, 3.05) is 18.6 Å². The fourth-order valence-corrected chi connectivity index (χ4v) is 3.82. The first-order chi connectivity index (χ1) is 15.1. The van der Waals surface area contributed by atoms with E-state index in [-0.39, 0.29) is 10.7 Å². The third-order valence-electron chi connectivity index (χ3n) is 5.15. The molecule has 8 heteroatoms. The average Bonchev–Trinajstić information content (AvgIpc) is 2.83. The number of nitrogens with zero attached hydrogens (tertiary/aromatic N) is 3. The quantitative estimate of drug-likeness (QED) is 0.581. The van der Waals surface area contributed by atoms with Crippen molar-refractivity contribution in [1.82, 2.24) is 9.78 Å². The number of hydrogen-bond acceptors (Lipinski definition) is 5. The number of para-hydroxylation sites is 2. The molecular weight excluding hydrogens is 418 g/mol. The molecule has 7 nitrogen and oxygen atoms in total. The Hall–Kier alpha value is -3.16. The van der Waals surface area contributed by atoms with E-state index in [9.17, 15) is 9.59 Å². The SMILES string of the molecule is COc1ccccc1C(=O)N(c1ccccc1)c1cnn(C2CCCCO2)c(=O)c1Cl. The van der Waals surface area contributed by atoms with Gasteiger partial charge in [-0.05, 0) is 43.5 Å². The summed E-state index contributed by atoms with van der Waals surface area (Å²) in [6.07, 6.45) is 3.56. The summed E-state index contributed by atoms with van der Waals surface area (Å²) < 4.78 is 12.3. The Morgan fingerprint density at radius 3 is 2.61 bits per heavy atom. The Labute approximate surface area is 184 Å². The summed E-state index contributed by atoms with van der Waals surface area (Å²) in [4.78, 5) is 28.0. The maximum Gasteiger partial charge on any atom is 0.290 e. The van der Waals surface area contributed by atoms with Gasteiger partial charge in [0.25, 0.3) is 11.5 Å². The molecule has 2 aromatic carbocycles. The van der Waals surface area contributed by atoms with E-state index in [1.807, 2.05) is 6.07 Å². The number of anilines is 2. The third kappa shape index (κ3) is 4.19. The molecule has 1 aromatic heterocycles. The predicted octanol–water partition coefficient (Wildman–Crippen LogP) is 4.58. The van der Waals surface area contributed by atoms with Crippen LogP contribution in [0.15, 0.2) is 65.6 Å². The fourth-order valence-electron chi connectivity index (χ4n) is 3.60. The largest absolute Gasteiger partial charge is 0.496 e. The Morgan fingerprint density at radius 2 is 1.90 bits per heavy atom. The maximum absolute atomic E-state index is 13.6. The summed E-state index contributed by atoms with van der Waals surface area (Å²) in [7, 11) is 1.50. The zero-order valence-electron chi connectivity index (χ0n) is 17.0. The molecule has 0 aliphatic carbocycles. The van der Waals surface area contributed by atoms with Crippen LogP contribution in [-0.4, -0.2) is 29.4 Å². The summed E-state index contributed by atoms with van der Waals surface area (Å²) in [5.74, 6) is 0.0277. The van der Waals surface area contributed by atoms with Gasteiger partial charge in [0.05, 0.1) is 24.6 Å². The smallest absolute Gasteiger partial charge is 0.290 e. The van der Waals surface area contributed by atoms with Crippen LogP contribution in [0.4, 0.5) is 11.4 Å². The van der Waals surface area contributed by atoms with Crippen LogP contribution in [0.5, 0.6) is 5.75 Å². The van der Waals surface area contributed by atoms with Gasteiger partial charge in [-0.2, -0.15) is 9.78 Å². The molecule has 1 aliphatic rings. The van der Waals surface area contributed by atoms with Gasteiger partial charge in [0.2, 0.25) is 0 Å². The Morgan fingerprint density at radius 1 is 1.16 bits per heavy atom. The van der Waals surface area contributed by atoms with Crippen LogP contribution in [-0.2, 0) is 4.74 Å². The van der Waals surface area contributed by atoms with E-state index in [0.717, 1.165) is 12.8 Å². The van der Waals surface area contributed by atoms with Gasteiger partial charge in [0.1, 0.15) is 10.8 Å². The molecule has 0 N–H and O–H groups in total. The van der Waals surface area contributed by atoms with E-state index >= 15 is 0 Å². The second-order valence-corrected chi connectivity index (χ2v) is 7.47. The van der Waals surface area contributed by atoms with Crippen LogP contribution in [0.1, 0.15) is 35.8 Å². The van der Waals surface area contributed by atoms with Crippen molar-refractivity contribution in [2.45, 2.75) is 25.5 Å². The van der Waals surface area contributed by atoms with Crippen molar-refractivity contribution in [3.05, 3.63) is 81.7 Å². The van der Waals surface area contributed by atoms with Crippen molar-refractivity contribution >= 4 is 28.9 Å². The van der Waals surface area contributed by atoms with Crippen LogP contribution in [0.25, 0.3) is 0 Å². The minimum atomic E-state index is -0.500. The fraction of sp³-hybridized carbons (Fsp3) is 0.261. The molecule has 1 saturated heterocycles. The van der Waals surface area contributed by atoms with E-state index in [0.29, 0.717) is 30.0 Å². The lowest BCUT2D eigenvalue weighted by molar-refractivity contribution is -0.0424. The highest BCUT2D eigenvalue weighted by Crippen LogP contribution is 2.33. The molecule has 1 amide bonds. The molecule has 1 aliphatic heterocycles. The number of hydrogen-bond donors (Lipinski definition) is 0. The molecule has 4 rings (SSSR count). The monoisotopic (exact) mass is 439 g/mol. The molecule has 0 spiro atoms. The second-order valence-electron chi connectivity index (χ2n) is 7.09. The van der Waals surface area contributed by atoms with Crippen molar-refractivity contribution < 1.29 is 14.3 Å². The summed E-state index contributed by atoms with van der Waals surface area (Å²) in [6.45, 7) is 0.570. The Bertz CT molecular complexity index is 1130. The zero-order valence-corrected chi connectivity index (χ0v) is 17.8. The Balaban J connectivity index is 1.82. The molecule has 160 valence electrons. The summed E-state index contributed by atoms with van der Waals surface area (Å²) in [5, 5.41) is 4.20. The molecule has 1 unspecified atom stereocenters. The van der Waals surface area contributed by atoms with Crippen LogP contribution in [0.3, 0.4) is 0 Å². The first-order valence-corrected chi connectivity index (χ1v) is 10.4. The zero-order chi connectivity index (χ0) is 21.8. The number of halogens is 1. The first-order valence-electron chi connectivity index (χ1n) is 10.0. The van der Waals surface area contributed by atoms with Crippen LogP contribution < -0.4 is 15.2 Å². The highest BCUT2D eigenvalue weighted by atomic mass is 35.5. The van der Waals surface area contributed by atoms with E-state index in [4.69, 9.17) is 21.1 Å². The molecule has 0 radical (unpaired) electrons. The van der Waals surface area contributed by atoms with Gasteiger partial charge in [-0.25, -0.2) is 0 Å². The van der Waals surface area contributed by atoms with Gasteiger partial charge in [-0.15, -0.1) is 0 Å². The predicted molar refractivity (Wildman–Crippen MR) is 118 cm³/mol. The van der Waals surface area contributed by atoms with E-state index < -0.39 is 17.7 Å². The minimum Gasteiger partial charge on any atom is -0.496 e. The molecule has 1 atom stereocenters. The molecule has 31 heavy (non-hydrogen) atoms. The van der Waals surface area contributed by atoms with E-state index in [1.54, 1.807) is 48.5 Å². The molecule has 3 aromatic rings. The van der Waals surface area contributed by atoms with Crippen LogP contribution in [0, 0.1) is 0 Å². The van der Waals surface area contributed by atoms with E-state index in [1.165, 1.54) is 22.9 Å². The summed E-state index contributed by atoms with van der Waals surface area (Å²) >= 11 is 6.51. The number of aromatic nitrogens is 2. The van der Waals surface area contributed by atoms with Crippen molar-refractivity contribution in [3.63, 3.8) is 0 Å². The average molecular weight is 440 g/mol. The van der Waals surface area contributed by atoms with Gasteiger partial charge in [-0.1, -0.05) is 41.9 Å². The topological polar surface area (TPSA) is 73.7 Å². The summed E-state index contributed by atoms with van der Waals surface area (Å²) in [5.41, 5.74) is 0.582. The van der Waals surface area contributed by atoms with Crippen molar-refractivity contribution in [1.29, 1.82) is 0 Å². The Kier molecular flexibility index (Phi) is 6.34. The standard InChI is InChI=1S/C23H22ClN3O4/c1-30-19-12-6-5-11-17(19)22(28)26(16-9-3-2-4-10-16)18-15-25-27(23(29)21(18)24)20-13-7-8-14-31-20/h2-6,9-12,15,20H,7-8,13-14H2,1H3. The third-order valence-corrected chi connectivity index (χ3v) is 5.50. The van der Waals surface area contributed by atoms with Crippen molar-refractivity contribution in [2.24, 2.45) is 0 Å². The van der Waals surface area contributed by atoms with Gasteiger partial charge in [-0.3, -0.25) is 14.5 Å². The lowest BCUT2D eigenvalue weighted by Gasteiger charge is -2.27. The summed E-state index contributed by atoms with van der Waals surface area (Å²) in [6, 6.07) is 15.9. The molecule has 2 heterocycles. The number of ether oxygens (including phenoxy) is 2. The van der Waals surface area contributed by atoms with Gasteiger partial charge < -0.3 is 9.47 Å². The molecular formula is C23H22ClN3O4. The van der Waals surface area contributed by atoms with Gasteiger partial charge in [0.15, 0.2) is 6.23 Å². The number of methoxy groups -OCH3 is 1.